The Balaban J connectivity index is 0.000000192. The average Bonchev–Trinajstić information content (AvgIpc) is 2.89. The van der Waals surface area contributed by atoms with Crippen molar-refractivity contribution in [1.82, 2.24) is 19.9 Å². The molecule has 0 bridgehead atoms. The minimum atomic E-state index is -3.38. The van der Waals surface area contributed by atoms with E-state index in [4.69, 9.17) is 10.5 Å². The Morgan fingerprint density at radius 2 is 1.29 bits per heavy atom. The molecule has 0 aromatic carbocycles. The first-order valence-electron chi connectivity index (χ1n) is 9.75. The third-order valence-electron chi connectivity index (χ3n) is 4.35. The molecule has 0 fully saturated rings. The maximum atomic E-state index is 11.5. The zero-order valence-electron chi connectivity index (χ0n) is 18.2. The number of thioether (sulfide) groups is 1. The smallest absolute Gasteiger partial charge is 0.175 e. The Kier molecular flexibility index (Phi) is 8.04. The van der Waals surface area contributed by atoms with Crippen molar-refractivity contribution >= 4 is 21.6 Å². The van der Waals surface area contributed by atoms with Crippen molar-refractivity contribution in [1.29, 1.82) is 10.5 Å². The zero-order chi connectivity index (χ0) is 24.6. The van der Waals surface area contributed by atoms with E-state index in [9.17, 15) is 8.42 Å². The molecule has 0 aliphatic heterocycles. The van der Waals surface area contributed by atoms with Gasteiger partial charge in [-0.3, -0.25) is 9.97 Å². The third-order valence-corrected chi connectivity index (χ3v) is 6.14. The first-order chi connectivity index (χ1) is 16.3. The molecule has 4 aromatic heterocycles. The highest BCUT2D eigenvalue weighted by Gasteiger charge is 2.13. The molecule has 0 unspecified atom stereocenters. The van der Waals surface area contributed by atoms with Crippen LogP contribution in [0.15, 0.2) is 82.8 Å². The van der Waals surface area contributed by atoms with Crippen LogP contribution in [0.1, 0.15) is 11.4 Å². The van der Waals surface area contributed by atoms with Crippen molar-refractivity contribution in [2.75, 3.05) is 12.5 Å². The Morgan fingerprint density at radius 1 is 0.765 bits per heavy atom. The van der Waals surface area contributed by atoms with Crippen molar-refractivity contribution in [3.8, 4) is 34.9 Å². The SMILES string of the molecule is CS(=O)(=O)c1cc(C#N)nc(-c2ccccn2)c1.CSc1cc(C#N)nc(-c2ccccn2)c1. The van der Waals surface area contributed by atoms with E-state index < -0.39 is 9.84 Å². The van der Waals surface area contributed by atoms with E-state index in [1.54, 1.807) is 48.4 Å². The lowest BCUT2D eigenvalue weighted by Crippen LogP contribution is -2.00. The minimum Gasteiger partial charge on any atom is -0.255 e. The molecular formula is C24H18N6O2S2. The summed E-state index contributed by atoms with van der Waals surface area (Å²) in [7, 11) is -3.38. The first-order valence-corrected chi connectivity index (χ1v) is 12.9. The van der Waals surface area contributed by atoms with Crippen LogP contribution in [0.3, 0.4) is 0 Å². The van der Waals surface area contributed by atoms with Crippen LogP contribution in [0, 0.1) is 22.7 Å². The highest BCUT2D eigenvalue weighted by Crippen LogP contribution is 2.22. The van der Waals surface area contributed by atoms with Crippen molar-refractivity contribution in [3.63, 3.8) is 0 Å². The number of hydrogen-bond donors (Lipinski definition) is 0. The predicted octanol–water partition coefficient (Wildman–Crippen LogP) is 4.16. The summed E-state index contributed by atoms with van der Waals surface area (Å²) in [5, 5.41) is 17.8. The van der Waals surface area contributed by atoms with Gasteiger partial charge in [0.15, 0.2) is 9.84 Å². The van der Waals surface area contributed by atoms with Crippen LogP contribution in [-0.2, 0) is 9.84 Å². The fourth-order valence-corrected chi connectivity index (χ4v) is 3.86. The second kappa shape index (κ2) is 11.1. The van der Waals surface area contributed by atoms with Crippen LogP contribution in [0.25, 0.3) is 22.8 Å². The molecule has 0 amide bonds. The normalized spacial score (nSPS) is 10.4. The van der Waals surface area contributed by atoms with Crippen LogP contribution in [0.5, 0.6) is 0 Å². The lowest BCUT2D eigenvalue weighted by molar-refractivity contribution is 0.601. The van der Waals surface area contributed by atoms with Gasteiger partial charge < -0.3 is 0 Å². The standard InChI is InChI=1S/C12H9N3O2S.C12H9N3S/c1-18(16,17)10-6-9(8-13)15-12(7-10)11-4-2-3-5-14-11;1-16-10-6-9(8-13)15-12(7-10)11-4-2-3-5-14-11/h2-7H,1H3;2-7H,1H3. The lowest BCUT2D eigenvalue weighted by Gasteiger charge is -2.03. The molecule has 0 aliphatic rings. The van der Waals surface area contributed by atoms with Crippen molar-refractivity contribution in [2.24, 2.45) is 0 Å². The molecule has 4 heterocycles. The van der Waals surface area contributed by atoms with Gasteiger partial charge in [-0.15, -0.1) is 11.8 Å². The largest absolute Gasteiger partial charge is 0.255 e. The summed E-state index contributed by atoms with van der Waals surface area (Å²) in [5.74, 6) is 0. The van der Waals surface area contributed by atoms with E-state index in [2.05, 4.69) is 26.0 Å². The molecule has 0 N–H and O–H groups in total. The molecule has 8 nitrogen and oxygen atoms in total. The van der Waals surface area contributed by atoms with Crippen LogP contribution in [0.2, 0.25) is 0 Å². The fraction of sp³-hybridized carbons (Fsp3) is 0.0833. The molecule has 168 valence electrons. The molecule has 0 spiro atoms. The molecule has 0 saturated carbocycles. The monoisotopic (exact) mass is 486 g/mol. The second-order valence-electron chi connectivity index (χ2n) is 6.78. The van der Waals surface area contributed by atoms with Crippen LogP contribution < -0.4 is 0 Å². The topological polar surface area (TPSA) is 133 Å². The fourth-order valence-electron chi connectivity index (χ4n) is 2.75. The van der Waals surface area contributed by atoms with Gasteiger partial charge >= 0.3 is 0 Å². The quantitative estimate of drug-likeness (QED) is 0.390. The van der Waals surface area contributed by atoms with Crippen molar-refractivity contribution < 1.29 is 8.42 Å². The second-order valence-corrected chi connectivity index (χ2v) is 9.67. The summed E-state index contributed by atoms with van der Waals surface area (Å²) in [6.45, 7) is 0. The third kappa shape index (κ3) is 6.45. The Morgan fingerprint density at radius 3 is 1.74 bits per heavy atom. The molecule has 0 radical (unpaired) electrons. The van der Waals surface area contributed by atoms with Gasteiger partial charge in [-0.25, -0.2) is 18.4 Å². The van der Waals surface area contributed by atoms with Gasteiger partial charge in [0.05, 0.1) is 27.7 Å². The van der Waals surface area contributed by atoms with Gasteiger partial charge in [0.1, 0.15) is 23.5 Å². The lowest BCUT2D eigenvalue weighted by atomic mass is 10.2. The minimum absolute atomic E-state index is 0.0542. The predicted molar refractivity (Wildman–Crippen MR) is 129 cm³/mol. The summed E-state index contributed by atoms with van der Waals surface area (Å²) in [6.07, 6.45) is 6.36. The molecule has 34 heavy (non-hydrogen) atoms. The van der Waals surface area contributed by atoms with E-state index in [-0.39, 0.29) is 10.6 Å². The number of nitrogens with zero attached hydrogens (tertiary/aromatic N) is 6. The zero-order valence-corrected chi connectivity index (χ0v) is 19.9. The van der Waals surface area contributed by atoms with E-state index >= 15 is 0 Å². The van der Waals surface area contributed by atoms with Crippen LogP contribution in [0.4, 0.5) is 0 Å². The van der Waals surface area contributed by atoms with E-state index in [1.807, 2.05) is 36.6 Å². The Bertz CT molecular complexity index is 1480. The Hall–Kier alpha value is -4.12. The van der Waals surface area contributed by atoms with Crippen molar-refractivity contribution in [2.45, 2.75) is 9.79 Å². The maximum Gasteiger partial charge on any atom is 0.175 e. The van der Waals surface area contributed by atoms with Gasteiger partial charge in [0, 0.05) is 23.5 Å². The molecule has 4 aromatic rings. The number of hydrogen-bond acceptors (Lipinski definition) is 9. The summed E-state index contributed by atoms with van der Waals surface area (Å²) < 4.78 is 23.1. The summed E-state index contributed by atoms with van der Waals surface area (Å²) >= 11 is 1.59. The summed E-state index contributed by atoms with van der Waals surface area (Å²) in [6, 6.07) is 21.1. The van der Waals surface area contributed by atoms with Gasteiger partial charge in [-0.05, 0) is 54.8 Å². The van der Waals surface area contributed by atoms with Gasteiger partial charge in [-0.2, -0.15) is 10.5 Å². The number of pyridine rings is 4. The molecule has 10 heteroatoms. The van der Waals surface area contributed by atoms with E-state index in [0.29, 0.717) is 17.1 Å². The van der Waals surface area contributed by atoms with Crippen molar-refractivity contribution in [3.05, 3.63) is 84.4 Å². The van der Waals surface area contributed by atoms with E-state index in [0.717, 1.165) is 22.5 Å². The highest BCUT2D eigenvalue weighted by atomic mass is 32.2. The number of sulfone groups is 1. The molecule has 0 saturated heterocycles. The van der Waals surface area contributed by atoms with Gasteiger partial charge in [-0.1, -0.05) is 12.1 Å². The maximum absolute atomic E-state index is 11.5. The molecule has 0 atom stereocenters. The molecule has 0 aliphatic carbocycles. The number of rotatable bonds is 4. The van der Waals surface area contributed by atoms with Crippen LogP contribution >= 0.6 is 11.8 Å². The van der Waals surface area contributed by atoms with Gasteiger partial charge in [0.2, 0.25) is 0 Å². The molecule has 4 rings (SSSR count). The molecular weight excluding hydrogens is 468 g/mol. The summed E-state index contributed by atoms with van der Waals surface area (Å²) in [4.78, 5) is 17.7. The summed E-state index contributed by atoms with van der Waals surface area (Å²) in [5.41, 5.74) is 2.90. The highest BCUT2D eigenvalue weighted by molar-refractivity contribution is 7.98. The average molecular weight is 487 g/mol. The van der Waals surface area contributed by atoms with Gasteiger partial charge in [0.25, 0.3) is 0 Å². The number of nitriles is 2. The van der Waals surface area contributed by atoms with E-state index in [1.165, 1.54) is 12.1 Å². The van der Waals surface area contributed by atoms with Crippen LogP contribution in [-0.4, -0.2) is 40.9 Å². The number of aromatic nitrogens is 4. The first kappa shape index (κ1) is 24.5. The Labute approximate surface area is 201 Å².